The molecule has 45 heavy (non-hydrogen) atoms. The predicted octanol–water partition coefficient (Wildman–Crippen LogP) is 5.77. The first-order valence-corrected chi connectivity index (χ1v) is 15.2. The molecule has 0 aliphatic carbocycles. The first-order valence-electron chi connectivity index (χ1n) is 14.6. The van der Waals surface area contributed by atoms with E-state index in [1.165, 1.54) is 18.7 Å². The minimum atomic E-state index is -4.63. The summed E-state index contributed by atoms with van der Waals surface area (Å²) in [6.45, 7) is 11.7. The summed E-state index contributed by atoms with van der Waals surface area (Å²) in [5, 5.41) is 3.16. The number of hydrogen-bond donors (Lipinski definition) is 1. The lowest BCUT2D eigenvalue weighted by atomic mass is 9.95. The van der Waals surface area contributed by atoms with Crippen LogP contribution in [0.25, 0.3) is 10.9 Å². The van der Waals surface area contributed by atoms with Crippen molar-refractivity contribution in [3.63, 3.8) is 0 Å². The van der Waals surface area contributed by atoms with Crippen LogP contribution in [-0.4, -0.2) is 61.4 Å². The van der Waals surface area contributed by atoms with E-state index in [0.717, 1.165) is 23.0 Å². The second-order valence-corrected chi connectivity index (χ2v) is 12.0. The maximum Gasteiger partial charge on any atom is 0.417 e. The van der Waals surface area contributed by atoms with E-state index in [4.69, 9.17) is 4.74 Å². The zero-order chi connectivity index (χ0) is 34.7. The quantitative estimate of drug-likeness (QED) is 0.257. The number of ether oxygens (including phenoxy) is 2. The van der Waals surface area contributed by atoms with Gasteiger partial charge >= 0.3 is 18.2 Å². The third kappa shape index (κ3) is 12.1. The van der Waals surface area contributed by atoms with E-state index in [9.17, 15) is 27.6 Å². The minimum Gasteiger partial charge on any atom is -0.468 e. The fourth-order valence-corrected chi connectivity index (χ4v) is 4.56. The third-order valence-corrected chi connectivity index (χ3v) is 7.30. The number of alkyl halides is 3. The summed E-state index contributed by atoms with van der Waals surface area (Å²) >= 11 is 0. The molecule has 8 nitrogen and oxygen atoms in total. The lowest BCUT2D eigenvalue weighted by Gasteiger charge is -2.20. The van der Waals surface area contributed by atoms with Gasteiger partial charge in [0.05, 0.1) is 18.2 Å². The number of halogens is 3. The van der Waals surface area contributed by atoms with Crippen LogP contribution in [0.5, 0.6) is 0 Å². The van der Waals surface area contributed by atoms with Gasteiger partial charge in [0.2, 0.25) is 0 Å². The molecule has 0 fully saturated rings. The number of carbonyl (C=O) groups is 2. The number of esters is 1. The van der Waals surface area contributed by atoms with Gasteiger partial charge in [-0.1, -0.05) is 38.1 Å². The Hall–Kier alpha value is -3.43. The van der Waals surface area contributed by atoms with Crippen molar-refractivity contribution in [2.75, 3.05) is 34.3 Å². The molecule has 0 aliphatic heterocycles. The molecule has 1 amide bonds. The predicted molar refractivity (Wildman–Crippen MR) is 177 cm³/mol. The van der Waals surface area contributed by atoms with Gasteiger partial charge in [-0.05, 0) is 82.3 Å². The van der Waals surface area contributed by atoms with Crippen molar-refractivity contribution in [2.45, 2.75) is 66.2 Å². The van der Waals surface area contributed by atoms with Gasteiger partial charge in [-0.2, -0.15) is 13.2 Å². The van der Waals surface area contributed by atoms with E-state index in [-0.39, 0.29) is 23.9 Å². The molecule has 0 bridgehead atoms. The fraction of sp³-hybridized carbons (Fsp3) is 0.485. The maximum absolute atomic E-state index is 14.3. The number of benzene rings is 2. The highest BCUT2D eigenvalue weighted by molar-refractivity contribution is 7.27. The Morgan fingerprint density at radius 1 is 1.07 bits per heavy atom. The van der Waals surface area contributed by atoms with Crippen LogP contribution >= 0.6 is 9.24 Å². The number of likely N-dealkylation sites (N-methyl/N-ethyl adjacent to an activating group) is 1. The SMILES string of the molecule is CC.COC(=O)CNC(=O)OC(C)(C)C.Cc1cccc(Cc2c(C(F)(F)F)c3cc(CCN(C)C)ccc3n(C)c2=O)c1P. The van der Waals surface area contributed by atoms with Crippen LogP contribution in [0.15, 0.2) is 41.2 Å². The monoisotopic (exact) mass is 653 g/mol. The topological polar surface area (TPSA) is 89.9 Å². The molecule has 3 aromatic rings. The number of methoxy groups -OCH3 is 1. The smallest absolute Gasteiger partial charge is 0.417 e. The van der Waals surface area contributed by atoms with Gasteiger partial charge in [0, 0.05) is 31.0 Å². The van der Waals surface area contributed by atoms with Gasteiger partial charge in [0.1, 0.15) is 12.1 Å². The van der Waals surface area contributed by atoms with Crippen LogP contribution in [-0.2, 0) is 40.3 Å². The summed E-state index contributed by atoms with van der Waals surface area (Å²) in [4.78, 5) is 36.5. The van der Waals surface area contributed by atoms with Crippen LogP contribution in [0.1, 0.15) is 62.4 Å². The number of nitrogens with zero attached hydrogens (tertiary/aromatic N) is 2. The van der Waals surface area contributed by atoms with Gasteiger partial charge in [-0.25, -0.2) is 4.79 Å². The Bertz CT molecular complexity index is 1510. The molecule has 2 aromatic carbocycles. The third-order valence-electron chi connectivity index (χ3n) is 6.47. The maximum atomic E-state index is 14.3. The number of hydrogen-bond acceptors (Lipinski definition) is 6. The Labute approximate surface area is 266 Å². The molecular formula is C33H47F3N3O5P. The highest BCUT2D eigenvalue weighted by Crippen LogP contribution is 2.37. The fourth-order valence-electron chi connectivity index (χ4n) is 4.27. The largest absolute Gasteiger partial charge is 0.468 e. The molecule has 250 valence electrons. The van der Waals surface area contributed by atoms with E-state index >= 15 is 0 Å². The van der Waals surface area contributed by atoms with Crippen LogP contribution in [0.3, 0.4) is 0 Å². The Balaban J connectivity index is 0.000000570. The lowest BCUT2D eigenvalue weighted by Crippen LogP contribution is -2.35. The number of aryl methyl sites for hydroxylation is 2. The molecule has 1 N–H and O–H groups in total. The number of alkyl carbamates (subject to hydrolysis) is 1. The molecule has 0 radical (unpaired) electrons. The average molecular weight is 654 g/mol. The van der Waals surface area contributed by atoms with Crippen molar-refractivity contribution < 1.29 is 32.2 Å². The number of nitrogens with one attached hydrogen (secondary N) is 1. The van der Waals surface area contributed by atoms with Crippen LogP contribution in [0.2, 0.25) is 0 Å². The van der Waals surface area contributed by atoms with Gasteiger partial charge in [0.25, 0.3) is 5.56 Å². The van der Waals surface area contributed by atoms with Crippen LogP contribution < -0.4 is 16.2 Å². The van der Waals surface area contributed by atoms with Gasteiger partial charge in [0.15, 0.2) is 0 Å². The Morgan fingerprint density at radius 3 is 2.22 bits per heavy atom. The zero-order valence-electron chi connectivity index (χ0n) is 27.9. The number of rotatable bonds is 7. The summed E-state index contributed by atoms with van der Waals surface area (Å²) < 4.78 is 53.3. The molecule has 1 unspecified atom stereocenters. The number of fused-ring (bicyclic) bond motifs is 1. The van der Waals surface area contributed by atoms with Crippen LogP contribution in [0.4, 0.5) is 18.0 Å². The van der Waals surface area contributed by atoms with Crippen molar-refractivity contribution >= 4 is 37.5 Å². The van der Waals surface area contributed by atoms with E-state index in [1.54, 1.807) is 51.1 Å². The zero-order valence-corrected chi connectivity index (χ0v) is 29.1. The van der Waals surface area contributed by atoms with E-state index in [1.807, 2.05) is 45.8 Å². The molecule has 0 aliphatic rings. The molecule has 0 spiro atoms. The summed E-state index contributed by atoms with van der Waals surface area (Å²) in [7, 11) is 9.21. The number of carbonyl (C=O) groups excluding carboxylic acids is 2. The molecule has 1 aromatic heterocycles. The van der Waals surface area contributed by atoms with E-state index in [2.05, 4.69) is 19.3 Å². The molecule has 3 rings (SSSR count). The molecule has 0 saturated carbocycles. The second kappa shape index (κ2) is 17.3. The van der Waals surface area contributed by atoms with Crippen molar-refractivity contribution in [1.82, 2.24) is 14.8 Å². The van der Waals surface area contributed by atoms with Crippen molar-refractivity contribution in [2.24, 2.45) is 7.05 Å². The number of amides is 1. The molecule has 0 saturated heterocycles. The molecule has 12 heteroatoms. The van der Waals surface area contributed by atoms with Crippen molar-refractivity contribution in [3.8, 4) is 0 Å². The van der Waals surface area contributed by atoms with E-state index < -0.39 is 35.0 Å². The molecule has 1 atom stereocenters. The number of pyridine rings is 1. The van der Waals surface area contributed by atoms with Gasteiger partial charge in [-0.3, -0.25) is 9.59 Å². The Kier molecular flexibility index (Phi) is 15.2. The normalized spacial score (nSPS) is 11.3. The van der Waals surface area contributed by atoms with Crippen LogP contribution in [0, 0.1) is 6.92 Å². The van der Waals surface area contributed by atoms with Gasteiger partial charge < -0.3 is 24.3 Å². The lowest BCUT2D eigenvalue weighted by molar-refractivity contribution is -0.139. The molecule has 1 heterocycles. The second-order valence-electron chi connectivity index (χ2n) is 11.4. The number of aromatic nitrogens is 1. The highest BCUT2D eigenvalue weighted by Gasteiger charge is 2.37. The summed E-state index contributed by atoms with van der Waals surface area (Å²) in [6.07, 6.45) is -4.70. The highest BCUT2D eigenvalue weighted by atomic mass is 31.0. The summed E-state index contributed by atoms with van der Waals surface area (Å²) in [5.74, 6) is -0.508. The van der Waals surface area contributed by atoms with E-state index in [0.29, 0.717) is 17.5 Å². The van der Waals surface area contributed by atoms with Gasteiger partial charge in [-0.15, -0.1) is 9.24 Å². The summed E-state index contributed by atoms with van der Waals surface area (Å²) in [6, 6.07) is 10.5. The summed E-state index contributed by atoms with van der Waals surface area (Å²) in [5.41, 5.74) is 0.561. The van der Waals surface area contributed by atoms with Crippen molar-refractivity contribution in [3.05, 3.63) is 74.6 Å². The average Bonchev–Trinajstić information content (AvgIpc) is 2.95. The standard InChI is InChI=1S/C23H26F3N2OP.C8H15NO4.C2H6/c1-14-6-5-7-16(21(14)30)13-18-20(23(24,25)26)17-12-15(10-11-27(2)3)8-9-19(17)28(4)22(18)29;1-8(2,3)13-7(11)9-5-6(10)12-4;1-2/h5-9,12H,10-11,13,30H2,1-4H3;5H2,1-4H3,(H,9,11);1-2H3. The Morgan fingerprint density at radius 2 is 1.69 bits per heavy atom. The molecular weight excluding hydrogens is 606 g/mol. The van der Waals surface area contributed by atoms with Crippen molar-refractivity contribution in [1.29, 1.82) is 0 Å². The minimum absolute atomic E-state index is 0.0695. The first-order chi connectivity index (χ1) is 20.9. The first kappa shape index (κ1) is 39.6.